The van der Waals surface area contributed by atoms with Gasteiger partial charge in [0.25, 0.3) is 0 Å². The molecule has 0 spiro atoms. The van der Waals surface area contributed by atoms with Crippen LogP contribution in [0.15, 0.2) is 0 Å². The van der Waals surface area contributed by atoms with E-state index in [1.54, 1.807) is 0 Å². The first-order valence-corrected chi connectivity index (χ1v) is 4.93. The topological polar surface area (TPSA) is 20.2 Å². The number of rotatable bonds is 3. The molecule has 0 saturated carbocycles. The maximum absolute atomic E-state index is 9.35. The predicted octanol–water partition coefficient (Wildman–Crippen LogP) is 1.17. The van der Waals surface area contributed by atoms with Crippen LogP contribution >= 0.6 is 31.9 Å². The van der Waals surface area contributed by atoms with Gasteiger partial charge in [-0.3, -0.25) is 0 Å². The molecule has 0 amide bonds. The zero-order chi connectivity index (χ0) is 8.36. The Kier molecular flexibility index (Phi) is 4.40. The second-order valence-corrected chi connectivity index (χ2v) is 6.58. The Bertz CT molecular complexity index is 100. The Balaban J connectivity index is 3.68. The van der Waals surface area contributed by atoms with Crippen LogP contribution in [0.3, 0.4) is 0 Å². The average Bonchev–Trinajstić information content (AvgIpc) is 1.60. The smallest absolute Gasteiger partial charge is 0.125 e. The molecule has 0 aliphatic carbocycles. The van der Waals surface area contributed by atoms with Crippen LogP contribution in [0, 0.1) is 0 Å². The third-order valence-corrected chi connectivity index (χ3v) is 2.25. The van der Waals surface area contributed by atoms with E-state index < -0.39 is 0 Å². The van der Waals surface area contributed by atoms with Crippen molar-refractivity contribution in [3.05, 3.63) is 0 Å². The number of aliphatic hydroxyl groups is 1. The predicted molar refractivity (Wildman–Crippen MR) is 50.5 cm³/mol. The standard InChI is InChI=1S/C6H14Br2NO/c1-9(2,3)4-5(10)6(7)8/h5-6,10H,4H2,1-3H3/q+1/t5-/m1/s1. The van der Waals surface area contributed by atoms with Gasteiger partial charge in [-0.15, -0.1) is 0 Å². The maximum atomic E-state index is 9.35. The van der Waals surface area contributed by atoms with E-state index >= 15 is 0 Å². The summed E-state index contributed by atoms with van der Waals surface area (Å²) in [5, 5.41) is 9.35. The molecule has 1 atom stereocenters. The fourth-order valence-electron chi connectivity index (χ4n) is 0.641. The maximum Gasteiger partial charge on any atom is 0.125 e. The molecule has 0 aromatic rings. The van der Waals surface area contributed by atoms with E-state index in [4.69, 9.17) is 0 Å². The van der Waals surface area contributed by atoms with Crippen molar-refractivity contribution in [2.75, 3.05) is 27.7 Å². The van der Waals surface area contributed by atoms with Crippen LogP contribution in [0.1, 0.15) is 0 Å². The summed E-state index contributed by atoms with van der Waals surface area (Å²) in [6, 6.07) is 0. The van der Waals surface area contributed by atoms with Crippen molar-refractivity contribution in [2.45, 2.75) is 9.84 Å². The van der Waals surface area contributed by atoms with Crippen molar-refractivity contribution in [2.24, 2.45) is 0 Å². The average molecular weight is 276 g/mol. The third kappa shape index (κ3) is 5.65. The summed E-state index contributed by atoms with van der Waals surface area (Å²) in [6.07, 6.45) is -0.333. The van der Waals surface area contributed by atoms with Crippen LogP contribution < -0.4 is 0 Å². The molecule has 62 valence electrons. The van der Waals surface area contributed by atoms with Crippen LogP contribution in [0.2, 0.25) is 0 Å². The number of hydrogen-bond donors (Lipinski definition) is 1. The van der Waals surface area contributed by atoms with Crippen LogP contribution in [0.25, 0.3) is 0 Å². The Labute approximate surface area is 79.1 Å². The van der Waals surface area contributed by atoms with Crippen LogP contribution in [-0.2, 0) is 0 Å². The fraction of sp³-hybridized carbons (Fsp3) is 1.00. The number of likely N-dealkylation sites (N-methyl/N-ethyl adjacent to an activating group) is 1. The molecule has 0 unspecified atom stereocenters. The first-order valence-electron chi connectivity index (χ1n) is 3.09. The highest BCUT2D eigenvalue weighted by Crippen LogP contribution is 2.14. The summed E-state index contributed by atoms with van der Waals surface area (Å²) < 4.78 is 0.770. The lowest BCUT2D eigenvalue weighted by Crippen LogP contribution is -2.43. The van der Waals surface area contributed by atoms with Gasteiger partial charge in [-0.05, 0) is 0 Å². The highest BCUT2D eigenvalue weighted by molar-refractivity contribution is 9.24. The summed E-state index contributed by atoms with van der Waals surface area (Å²) >= 11 is 6.50. The minimum absolute atomic E-state index is 0.00245. The number of nitrogens with zero attached hydrogens (tertiary/aromatic N) is 1. The van der Waals surface area contributed by atoms with Gasteiger partial charge < -0.3 is 9.59 Å². The second kappa shape index (κ2) is 4.04. The number of aliphatic hydroxyl groups excluding tert-OH is 1. The molecule has 0 rings (SSSR count). The van der Waals surface area contributed by atoms with Crippen molar-refractivity contribution in [1.29, 1.82) is 0 Å². The molecule has 10 heavy (non-hydrogen) atoms. The Morgan fingerprint density at radius 2 is 1.70 bits per heavy atom. The summed E-state index contributed by atoms with van der Waals surface area (Å²) in [5.41, 5.74) is 0. The summed E-state index contributed by atoms with van der Waals surface area (Å²) in [6.45, 7) is 0.737. The van der Waals surface area contributed by atoms with Gasteiger partial charge in [0.1, 0.15) is 16.4 Å². The zero-order valence-electron chi connectivity index (χ0n) is 6.51. The van der Waals surface area contributed by atoms with Gasteiger partial charge in [0, 0.05) is 0 Å². The lowest BCUT2D eigenvalue weighted by atomic mass is 10.3. The molecule has 0 aliphatic heterocycles. The van der Waals surface area contributed by atoms with Gasteiger partial charge in [0.05, 0.1) is 21.1 Å². The molecule has 0 heterocycles. The minimum atomic E-state index is -0.333. The number of halogens is 2. The van der Waals surface area contributed by atoms with Crippen LogP contribution in [0.4, 0.5) is 0 Å². The first kappa shape index (κ1) is 10.9. The van der Waals surface area contributed by atoms with Crippen LogP contribution in [-0.4, -0.2) is 47.1 Å². The highest BCUT2D eigenvalue weighted by atomic mass is 79.9. The lowest BCUT2D eigenvalue weighted by molar-refractivity contribution is -0.873. The van der Waals surface area contributed by atoms with E-state index in [-0.39, 0.29) is 9.84 Å². The first-order chi connectivity index (χ1) is 4.33. The fourth-order valence-corrected chi connectivity index (χ4v) is 0.975. The number of quaternary nitrogens is 1. The molecule has 0 fully saturated rings. The molecule has 0 aromatic carbocycles. The van der Waals surface area contributed by atoms with Gasteiger partial charge in [-0.1, -0.05) is 31.9 Å². The van der Waals surface area contributed by atoms with Gasteiger partial charge in [-0.25, -0.2) is 0 Å². The SMILES string of the molecule is C[N+](C)(C)C[C@@H](O)C(Br)Br. The van der Waals surface area contributed by atoms with E-state index in [1.807, 2.05) is 21.1 Å². The molecule has 0 radical (unpaired) electrons. The van der Waals surface area contributed by atoms with Gasteiger partial charge in [-0.2, -0.15) is 0 Å². The van der Waals surface area contributed by atoms with E-state index in [1.165, 1.54) is 0 Å². The summed E-state index contributed by atoms with van der Waals surface area (Å²) in [7, 11) is 6.14. The van der Waals surface area contributed by atoms with Crippen molar-refractivity contribution in [3.63, 3.8) is 0 Å². The van der Waals surface area contributed by atoms with Crippen molar-refractivity contribution >= 4 is 31.9 Å². The molecule has 0 aliphatic rings. The van der Waals surface area contributed by atoms with Crippen molar-refractivity contribution in [1.82, 2.24) is 0 Å². The summed E-state index contributed by atoms with van der Waals surface area (Å²) in [5.74, 6) is 0. The van der Waals surface area contributed by atoms with Crippen molar-refractivity contribution < 1.29 is 9.59 Å². The molecule has 2 nitrogen and oxygen atoms in total. The molecular formula is C6H14Br2NO+. The molecule has 4 heteroatoms. The molecule has 0 aromatic heterocycles. The Morgan fingerprint density at radius 1 is 1.30 bits per heavy atom. The largest absolute Gasteiger partial charge is 0.385 e. The zero-order valence-corrected chi connectivity index (χ0v) is 9.68. The van der Waals surface area contributed by atoms with Crippen molar-refractivity contribution in [3.8, 4) is 0 Å². The molecule has 1 N–H and O–H groups in total. The normalized spacial score (nSPS) is 15.9. The van der Waals surface area contributed by atoms with E-state index in [0.717, 1.165) is 11.0 Å². The lowest BCUT2D eigenvalue weighted by Gasteiger charge is -2.27. The second-order valence-electron chi connectivity index (χ2n) is 3.37. The minimum Gasteiger partial charge on any atom is -0.385 e. The van der Waals surface area contributed by atoms with Gasteiger partial charge in [0.15, 0.2) is 0 Å². The molecular weight excluding hydrogens is 262 g/mol. The third-order valence-electron chi connectivity index (χ3n) is 1.03. The number of alkyl halides is 2. The van der Waals surface area contributed by atoms with Gasteiger partial charge in [0.2, 0.25) is 0 Å². The van der Waals surface area contributed by atoms with Gasteiger partial charge >= 0.3 is 0 Å². The van der Waals surface area contributed by atoms with E-state index in [2.05, 4.69) is 31.9 Å². The van der Waals surface area contributed by atoms with E-state index in [0.29, 0.717) is 0 Å². The highest BCUT2D eigenvalue weighted by Gasteiger charge is 2.20. The number of hydrogen-bond acceptors (Lipinski definition) is 1. The van der Waals surface area contributed by atoms with E-state index in [9.17, 15) is 5.11 Å². The summed E-state index contributed by atoms with van der Waals surface area (Å²) in [4.78, 5) is 0. The molecule has 0 bridgehead atoms. The Morgan fingerprint density at radius 3 is 1.80 bits per heavy atom. The monoisotopic (exact) mass is 274 g/mol. The van der Waals surface area contributed by atoms with Crippen LogP contribution in [0.5, 0.6) is 0 Å². The Hall–Kier alpha value is 0.880. The quantitative estimate of drug-likeness (QED) is 0.606. The molecule has 0 saturated heterocycles.